The second-order valence-corrected chi connectivity index (χ2v) is 7.69. The average Bonchev–Trinajstić information content (AvgIpc) is 3.08. The lowest BCUT2D eigenvalue weighted by Gasteiger charge is -2.17. The maximum atomic E-state index is 13.8. The van der Waals surface area contributed by atoms with Crippen molar-refractivity contribution in [3.8, 4) is 5.75 Å². The molecule has 1 aromatic heterocycles. The summed E-state index contributed by atoms with van der Waals surface area (Å²) in [5.41, 5.74) is -2.33. The van der Waals surface area contributed by atoms with Gasteiger partial charge in [-0.3, -0.25) is 14.4 Å². The molecule has 1 fully saturated rings. The van der Waals surface area contributed by atoms with E-state index < -0.39 is 52.2 Å². The van der Waals surface area contributed by atoms with Crippen molar-refractivity contribution in [2.45, 2.75) is 39.3 Å². The molecule has 1 amide bonds. The van der Waals surface area contributed by atoms with Crippen LogP contribution in [-0.4, -0.2) is 21.9 Å². The minimum Gasteiger partial charge on any atom is -0.503 e. The fraction of sp³-hybridized carbons (Fsp3) is 0.381. The Morgan fingerprint density at radius 2 is 1.93 bits per heavy atom. The summed E-state index contributed by atoms with van der Waals surface area (Å²) in [4.78, 5) is 36.2. The number of hydrogen-bond acceptors (Lipinski definition) is 4. The number of aromatic hydroxyl groups is 1. The zero-order valence-corrected chi connectivity index (χ0v) is 16.3. The van der Waals surface area contributed by atoms with Gasteiger partial charge in [0.05, 0.1) is 0 Å². The third-order valence-electron chi connectivity index (χ3n) is 5.44. The summed E-state index contributed by atoms with van der Waals surface area (Å²) in [5.74, 6) is -4.56. The van der Waals surface area contributed by atoms with Crippen molar-refractivity contribution in [2.75, 3.05) is 0 Å². The van der Waals surface area contributed by atoms with Crippen LogP contribution in [0.15, 0.2) is 23.1 Å². The van der Waals surface area contributed by atoms with Crippen LogP contribution >= 0.6 is 0 Å². The van der Waals surface area contributed by atoms with Gasteiger partial charge < -0.3 is 15.0 Å². The molecule has 0 aliphatic heterocycles. The van der Waals surface area contributed by atoms with Gasteiger partial charge in [0.25, 0.3) is 5.91 Å². The number of halogens is 3. The third-order valence-corrected chi connectivity index (χ3v) is 5.44. The van der Waals surface area contributed by atoms with Crippen LogP contribution in [0.4, 0.5) is 13.2 Å². The smallest absolute Gasteiger partial charge is 0.257 e. The number of carbonyl (C=O) groups is 2. The molecule has 3 rings (SSSR count). The lowest BCUT2D eigenvalue weighted by atomic mass is 10.1. The van der Waals surface area contributed by atoms with Crippen molar-refractivity contribution in [3.63, 3.8) is 0 Å². The molecule has 0 saturated heterocycles. The molecule has 1 aliphatic carbocycles. The van der Waals surface area contributed by atoms with E-state index in [1.165, 1.54) is 10.8 Å². The van der Waals surface area contributed by atoms with E-state index in [1.807, 2.05) is 0 Å². The first-order valence-electron chi connectivity index (χ1n) is 9.54. The first kappa shape index (κ1) is 21.6. The minimum absolute atomic E-state index is 0.221. The summed E-state index contributed by atoms with van der Waals surface area (Å²) in [6.07, 6.45) is 4.36. The van der Waals surface area contributed by atoms with Crippen LogP contribution in [-0.2, 0) is 13.1 Å². The summed E-state index contributed by atoms with van der Waals surface area (Å²) in [5, 5.41) is 12.3. The van der Waals surface area contributed by atoms with Gasteiger partial charge in [-0.2, -0.15) is 0 Å². The van der Waals surface area contributed by atoms with Crippen molar-refractivity contribution in [1.29, 1.82) is 0 Å². The maximum absolute atomic E-state index is 13.8. The fourth-order valence-electron chi connectivity index (χ4n) is 3.87. The Balaban J connectivity index is 1.86. The van der Waals surface area contributed by atoms with E-state index in [9.17, 15) is 32.7 Å². The number of hydrogen-bond donors (Lipinski definition) is 2. The fourth-order valence-corrected chi connectivity index (χ4v) is 3.87. The molecule has 1 saturated carbocycles. The van der Waals surface area contributed by atoms with Gasteiger partial charge in [-0.15, -0.1) is 0 Å². The molecule has 30 heavy (non-hydrogen) atoms. The van der Waals surface area contributed by atoms with Gasteiger partial charge >= 0.3 is 0 Å². The quantitative estimate of drug-likeness (QED) is 0.700. The molecule has 0 radical (unpaired) electrons. The van der Waals surface area contributed by atoms with Crippen LogP contribution in [0.2, 0.25) is 0 Å². The lowest BCUT2D eigenvalue weighted by molar-refractivity contribution is 0.0946. The van der Waals surface area contributed by atoms with E-state index >= 15 is 0 Å². The summed E-state index contributed by atoms with van der Waals surface area (Å²) >= 11 is 0. The van der Waals surface area contributed by atoms with E-state index in [1.54, 1.807) is 0 Å². The summed E-state index contributed by atoms with van der Waals surface area (Å²) in [6, 6.07) is 0.954. The highest BCUT2D eigenvalue weighted by molar-refractivity contribution is 5.95. The van der Waals surface area contributed by atoms with E-state index in [2.05, 4.69) is 12.2 Å². The topological polar surface area (TPSA) is 88.4 Å². The SMILES string of the molecule is C[C@@H]1CCC(Cn2cc(C(=O)NCc3c(F)cc(F)cc3F)c(=O)c(O)c2C=O)C1. The Morgan fingerprint density at radius 3 is 2.50 bits per heavy atom. The molecule has 0 bridgehead atoms. The van der Waals surface area contributed by atoms with E-state index in [4.69, 9.17) is 0 Å². The first-order chi connectivity index (χ1) is 14.2. The molecule has 9 heteroatoms. The lowest BCUT2D eigenvalue weighted by Crippen LogP contribution is -2.31. The maximum Gasteiger partial charge on any atom is 0.257 e. The summed E-state index contributed by atoms with van der Waals surface area (Å²) < 4.78 is 41.9. The van der Waals surface area contributed by atoms with Crippen LogP contribution in [0.5, 0.6) is 5.75 Å². The normalized spacial score (nSPS) is 18.4. The largest absolute Gasteiger partial charge is 0.503 e. The number of carbonyl (C=O) groups excluding carboxylic acids is 2. The Kier molecular flexibility index (Phi) is 6.28. The van der Waals surface area contributed by atoms with Gasteiger partial charge in [-0.1, -0.05) is 13.3 Å². The Hall–Kier alpha value is -3.10. The number of nitrogens with zero attached hydrogens (tertiary/aromatic N) is 1. The van der Waals surface area contributed by atoms with Crippen LogP contribution < -0.4 is 10.7 Å². The zero-order chi connectivity index (χ0) is 22.0. The number of benzene rings is 1. The predicted molar refractivity (Wildman–Crippen MR) is 102 cm³/mol. The van der Waals surface area contributed by atoms with Crippen LogP contribution in [0.25, 0.3) is 0 Å². The molecular formula is C21H21F3N2O4. The Labute approximate surface area is 170 Å². The van der Waals surface area contributed by atoms with Gasteiger partial charge in [0.15, 0.2) is 12.0 Å². The number of pyridine rings is 1. The monoisotopic (exact) mass is 422 g/mol. The molecule has 1 unspecified atom stereocenters. The summed E-state index contributed by atoms with van der Waals surface area (Å²) in [7, 11) is 0. The second kappa shape index (κ2) is 8.73. The minimum atomic E-state index is -1.18. The summed E-state index contributed by atoms with van der Waals surface area (Å²) in [6.45, 7) is 1.82. The van der Waals surface area contributed by atoms with Crippen molar-refractivity contribution >= 4 is 12.2 Å². The average molecular weight is 422 g/mol. The molecule has 2 aromatic rings. The Morgan fingerprint density at radius 1 is 1.27 bits per heavy atom. The van der Waals surface area contributed by atoms with E-state index in [0.717, 1.165) is 19.3 Å². The van der Waals surface area contributed by atoms with Crippen molar-refractivity contribution in [3.05, 3.63) is 62.8 Å². The molecule has 1 aliphatic rings. The molecule has 160 valence electrons. The number of amides is 1. The highest BCUT2D eigenvalue weighted by atomic mass is 19.1. The zero-order valence-electron chi connectivity index (χ0n) is 16.3. The van der Waals surface area contributed by atoms with E-state index in [-0.39, 0.29) is 11.6 Å². The highest BCUT2D eigenvalue weighted by Crippen LogP contribution is 2.32. The first-order valence-corrected chi connectivity index (χ1v) is 9.54. The van der Waals surface area contributed by atoms with Crippen molar-refractivity contribution in [1.82, 2.24) is 9.88 Å². The Bertz CT molecular complexity index is 1030. The molecule has 2 N–H and O–H groups in total. The molecular weight excluding hydrogens is 401 g/mol. The van der Waals surface area contributed by atoms with E-state index in [0.29, 0.717) is 30.9 Å². The van der Waals surface area contributed by atoms with Crippen molar-refractivity contribution < 1.29 is 27.9 Å². The molecule has 6 nitrogen and oxygen atoms in total. The van der Waals surface area contributed by atoms with Gasteiger partial charge in [0.2, 0.25) is 5.43 Å². The van der Waals surface area contributed by atoms with Gasteiger partial charge in [-0.25, -0.2) is 13.2 Å². The number of aromatic nitrogens is 1. The van der Waals surface area contributed by atoms with Crippen LogP contribution in [0, 0.1) is 29.3 Å². The number of aldehydes is 1. The van der Waals surface area contributed by atoms with Crippen LogP contribution in [0.1, 0.15) is 52.6 Å². The van der Waals surface area contributed by atoms with Gasteiger partial charge in [0, 0.05) is 37.0 Å². The van der Waals surface area contributed by atoms with Crippen LogP contribution in [0.3, 0.4) is 0 Å². The number of rotatable bonds is 6. The highest BCUT2D eigenvalue weighted by Gasteiger charge is 2.25. The molecule has 0 spiro atoms. The molecule has 2 atom stereocenters. The van der Waals surface area contributed by atoms with Gasteiger partial charge in [0.1, 0.15) is 28.7 Å². The molecule has 1 heterocycles. The standard InChI is InChI=1S/C21H21F3N2O4/c1-11-2-3-12(4-11)8-26-9-15(19(28)20(29)18(26)10-27)21(30)25-7-14-16(23)5-13(22)6-17(14)24/h5-6,9-12,29H,2-4,7-8H2,1H3,(H,25,30)/t11-,12?/m1/s1. The van der Waals surface area contributed by atoms with Gasteiger partial charge in [-0.05, 0) is 24.7 Å². The number of nitrogens with one attached hydrogen (secondary N) is 1. The predicted octanol–water partition coefficient (Wildman–Crippen LogP) is 3.15. The molecule has 1 aromatic carbocycles. The van der Waals surface area contributed by atoms with Crippen molar-refractivity contribution in [2.24, 2.45) is 11.8 Å². The third kappa shape index (κ3) is 4.39. The second-order valence-electron chi connectivity index (χ2n) is 7.69.